The number of ketones is 1. The van der Waals surface area contributed by atoms with E-state index in [-0.39, 0.29) is 23.1 Å². The Kier molecular flexibility index (Phi) is 9.39. The van der Waals surface area contributed by atoms with Crippen LogP contribution in [0.5, 0.6) is 0 Å². The fourth-order valence-electron chi connectivity index (χ4n) is 4.90. The van der Waals surface area contributed by atoms with Crippen LogP contribution in [0.4, 0.5) is 5.00 Å². The lowest BCUT2D eigenvalue weighted by Crippen LogP contribution is -2.37. The summed E-state index contributed by atoms with van der Waals surface area (Å²) in [6, 6.07) is 6.29. The zero-order valence-corrected chi connectivity index (χ0v) is 23.3. The van der Waals surface area contributed by atoms with Crippen LogP contribution in [0.25, 0.3) is 0 Å². The van der Waals surface area contributed by atoms with Crippen LogP contribution >= 0.6 is 11.3 Å². The molecule has 0 unspecified atom stereocenters. The Morgan fingerprint density at radius 2 is 1.92 bits per heavy atom. The number of piperidine rings is 1. The molecule has 0 saturated carbocycles. The Morgan fingerprint density at radius 1 is 1.16 bits per heavy atom. The van der Waals surface area contributed by atoms with Crippen LogP contribution in [0.3, 0.4) is 0 Å². The van der Waals surface area contributed by atoms with Crippen LogP contribution in [0, 0.1) is 5.92 Å². The lowest BCUT2D eigenvalue weighted by atomic mass is 9.95. The molecule has 1 aromatic carbocycles. The largest absolute Gasteiger partial charge is 0.385 e. The van der Waals surface area contributed by atoms with Gasteiger partial charge in [0.05, 0.1) is 17.0 Å². The Balaban J connectivity index is 1.47. The molecule has 2 heterocycles. The summed E-state index contributed by atoms with van der Waals surface area (Å²) >= 11 is 1.55. The maximum absolute atomic E-state index is 13.2. The summed E-state index contributed by atoms with van der Waals surface area (Å²) in [6.07, 6.45) is 6.35. The number of carbonyl (C=O) groups is 2. The van der Waals surface area contributed by atoms with E-state index in [1.54, 1.807) is 36.6 Å². The first-order valence-corrected chi connectivity index (χ1v) is 15.4. The van der Waals surface area contributed by atoms with E-state index in [4.69, 9.17) is 4.74 Å². The number of rotatable bonds is 11. The summed E-state index contributed by atoms with van der Waals surface area (Å²) < 4.78 is 32.9. The zero-order valence-electron chi connectivity index (χ0n) is 21.7. The molecule has 1 aliphatic heterocycles. The number of carbonyl (C=O) groups excluding carboxylic acids is 2. The standard InChI is InChI=1S/C27H37N3O5S2/c1-19-11-14-30(15-12-19)37(33,34)21-8-5-7-20(17-21)23(31)18-29-27-25(26(32)28-13-6-16-35-2)22-9-3-4-10-24(22)36-27/h5,7-8,17,19,29H,3-4,6,9-16,18H2,1-2H3,(H,28,32). The summed E-state index contributed by atoms with van der Waals surface area (Å²) in [5, 5.41) is 6.88. The van der Waals surface area contributed by atoms with Gasteiger partial charge in [-0.15, -0.1) is 11.3 Å². The maximum Gasteiger partial charge on any atom is 0.254 e. The van der Waals surface area contributed by atoms with Gasteiger partial charge >= 0.3 is 0 Å². The van der Waals surface area contributed by atoms with Crippen LogP contribution < -0.4 is 10.6 Å². The molecule has 1 saturated heterocycles. The van der Waals surface area contributed by atoms with Crippen LogP contribution in [-0.2, 0) is 27.6 Å². The Morgan fingerprint density at radius 3 is 2.68 bits per heavy atom. The second kappa shape index (κ2) is 12.5. The van der Waals surface area contributed by atoms with Gasteiger partial charge in [-0.3, -0.25) is 9.59 Å². The molecule has 0 spiro atoms. The molecule has 1 amide bonds. The molecule has 2 aromatic rings. The van der Waals surface area contributed by atoms with Crippen molar-refractivity contribution < 1.29 is 22.7 Å². The summed E-state index contributed by atoms with van der Waals surface area (Å²) in [4.78, 5) is 27.5. The number of hydrogen-bond donors (Lipinski definition) is 2. The van der Waals surface area contributed by atoms with Gasteiger partial charge in [0.15, 0.2) is 5.78 Å². The minimum atomic E-state index is -3.64. The third kappa shape index (κ3) is 6.60. The highest BCUT2D eigenvalue weighted by Crippen LogP contribution is 2.38. The number of anilines is 1. The zero-order chi connectivity index (χ0) is 26.4. The number of benzene rings is 1. The number of fused-ring (bicyclic) bond motifs is 1. The Hall–Kier alpha value is -2.27. The first-order chi connectivity index (χ1) is 17.8. The first kappa shape index (κ1) is 27.8. The van der Waals surface area contributed by atoms with Gasteiger partial charge in [-0.2, -0.15) is 4.31 Å². The molecule has 8 nitrogen and oxygen atoms in total. The van der Waals surface area contributed by atoms with Gasteiger partial charge in [-0.25, -0.2) is 8.42 Å². The first-order valence-electron chi connectivity index (χ1n) is 13.1. The number of amides is 1. The smallest absolute Gasteiger partial charge is 0.254 e. The van der Waals surface area contributed by atoms with E-state index in [1.807, 2.05) is 0 Å². The molecule has 1 aliphatic carbocycles. The minimum Gasteiger partial charge on any atom is -0.385 e. The molecule has 1 aromatic heterocycles. The summed E-state index contributed by atoms with van der Waals surface area (Å²) in [7, 11) is -2.01. The van der Waals surface area contributed by atoms with E-state index in [1.165, 1.54) is 15.2 Å². The predicted octanol–water partition coefficient (Wildman–Crippen LogP) is 4.11. The fraction of sp³-hybridized carbons (Fsp3) is 0.556. The molecule has 1 fully saturated rings. The van der Waals surface area contributed by atoms with Crippen LogP contribution in [-0.4, -0.2) is 64.3 Å². The number of methoxy groups -OCH3 is 1. The van der Waals surface area contributed by atoms with E-state index >= 15 is 0 Å². The monoisotopic (exact) mass is 547 g/mol. The number of Topliss-reactive ketones (excluding diaryl/α,β-unsaturated/α-hetero) is 1. The molecule has 0 bridgehead atoms. The van der Waals surface area contributed by atoms with Crippen molar-refractivity contribution >= 4 is 38.1 Å². The lowest BCUT2D eigenvalue weighted by molar-refractivity contribution is 0.0946. The maximum atomic E-state index is 13.2. The SMILES string of the molecule is COCCCNC(=O)c1c(NCC(=O)c2cccc(S(=O)(=O)N3CCC(C)CC3)c2)sc2c1CCCC2. The molecular formula is C27H37N3O5S2. The van der Waals surface area contributed by atoms with Gasteiger partial charge in [0.25, 0.3) is 5.91 Å². The number of aryl methyl sites for hydroxylation is 1. The van der Waals surface area contributed by atoms with Crippen LogP contribution in [0.1, 0.15) is 70.2 Å². The molecular weight excluding hydrogens is 510 g/mol. The Bertz CT molecular complexity index is 1220. The number of sulfonamides is 1. The molecule has 2 aliphatic rings. The number of thiophene rings is 1. The minimum absolute atomic E-state index is 0.0198. The van der Waals surface area contributed by atoms with Crippen molar-refractivity contribution in [1.29, 1.82) is 0 Å². The van der Waals surface area contributed by atoms with Crippen molar-refractivity contribution in [3.63, 3.8) is 0 Å². The summed E-state index contributed by atoms with van der Waals surface area (Å²) in [5.74, 6) is 0.169. The Labute approximate surface area is 223 Å². The number of hydrogen-bond acceptors (Lipinski definition) is 7. The third-order valence-corrected chi connectivity index (χ3v) is 10.3. The van der Waals surface area contributed by atoms with Gasteiger partial charge in [0.2, 0.25) is 10.0 Å². The van der Waals surface area contributed by atoms with Crippen molar-refractivity contribution in [2.24, 2.45) is 5.92 Å². The third-order valence-electron chi connectivity index (χ3n) is 7.16. The summed E-state index contributed by atoms with van der Waals surface area (Å²) in [5.41, 5.74) is 2.06. The normalized spacial score (nSPS) is 16.8. The van der Waals surface area contributed by atoms with Crippen LogP contribution in [0.15, 0.2) is 29.2 Å². The van der Waals surface area contributed by atoms with E-state index in [9.17, 15) is 18.0 Å². The molecule has 202 valence electrons. The van der Waals surface area contributed by atoms with E-state index in [0.29, 0.717) is 48.3 Å². The van der Waals surface area contributed by atoms with Gasteiger partial charge in [0.1, 0.15) is 5.00 Å². The van der Waals surface area contributed by atoms with E-state index < -0.39 is 10.0 Å². The lowest BCUT2D eigenvalue weighted by Gasteiger charge is -2.29. The van der Waals surface area contributed by atoms with E-state index in [2.05, 4.69) is 17.6 Å². The highest BCUT2D eigenvalue weighted by atomic mass is 32.2. The highest BCUT2D eigenvalue weighted by molar-refractivity contribution is 7.89. The van der Waals surface area contributed by atoms with Crippen LogP contribution in [0.2, 0.25) is 0 Å². The van der Waals surface area contributed by atoms with Gasteiger partial charge < -0.3 is 15.4 Å². The van der Waals surface area contributed by atoms with E-state index in [0.717, 1.165) is 50.5 Å². The average molecular weight is 548 g/mol. The number of nitrogens with zero attached hydrogens (tertiary/aromatic N) is 1. The molecule has 10 heteroatoms. The van der Waals surface area contributed by atoms with Crippen molar-refractivity contribution in [3.8, 4) is 0 Å². The summed E-state index contributed by atoms with van der Waals surface area (Å²) in [6.45, 7) is 4.22. The van der Waals surface area contributed by atoms with Crippen molar-refractivity contribution in [3.05, 3.63) is 45.8 Å². The second-order valence-corrected chi connectivity index (χ2v) is 13.0. The van der Waals surface area contributed by atoms with Crippen molar-refractivity contribution in [2.75, 3.05) is 45.2 Å². The molecule has 37 heavy (non-hydrogen) atoms. The van der Waals surface area contributed by atoms with Crippen molar-refractivity contribution in [2.45, 2.75) is 56.8 Å². The van der Waals surface area contributed by atoms with Crippen molar-refractivity contribution in [1.82, 2.24) is 9.62 Å². The number of ether oxygens (including phenoxy) is 1. The topological polar surface area (TPSA) is 105 Å². The van der Waals surface area contributed by atoms with Gasteiger partial charge in [0, 0.05) is 43.8 Å². The molecule has 4 rings (SSSR count). The quantitative estimate of drug-likeness (QED) is 0.324. The number of nitrogens with one attached hydrogen (secondary N) is 2. The molecule has 2 N–H and O–H groups in total. The molecule has 0 radical (unpaired) electrons. The fourth-order valence-corrected chi connectivity index (χ4v) is 7.70. The highest BCUT2D eigenvalue weighted by Gasteiger charge is 2.29. The molecule has 0 atom stereocenters. The van der Waals surface area contributed by atoms with Gasteiger partial charge in [-0.05, 0) is 68.6 Å². The average Bonchev–Trinajstić information content (AvgIpc) is 3.28. The predicted molar refractivity (Wildman–Crippen MR) is 146 cm³/mol. The van der Waals surface area contributed by atoms with Gasteiger partial charge in [-0.1, -0.05) is 19.1 Å². The second-order valence-electron chi connectivity index (χ2n) is 9.91.